The Labute approximate surface area is 190 Å². The molecule has 2 N–H and O–H groups in total. The number of benzene rings is 3. The first-order valence-corrected chi connectivity index (χ1v) is 11.2. The Hall–Kier alpha value is -3.92. The summed E-state index contributed by atoms with van der Waals surface area (Å²) in [5.74, 6) is -1.22. The lowest BCUT2D eigenvalue weighted by Gasteiger charge is -2.10. The molecular formula is C23H21FN2O6S. The largest absolute Gasteiger partial charge is 0.497 e. The van der Waals surface area contributed by atoms with Crippen molar-refractivity contribution in [3.8, 4) is 5.75 Å². The quantitative estimate of drug-likeness (QED) is 0.463. The first kappa shape index (κ1) is 23.7. The number of esters is 1. The molecule has 0 saturated carbocycles. The summed E-state index contributed by atoms with van der Waals surface area (Å²) in [6.45, 7) is -0.414. The summed E-state index contributed by atoms with van der Waals surface area (Å²) in [5.41, 5.74) is 0.971. The highest BCUT2D eigenvalue weighted by Crippen LogP contribution is 2.20. The molecule has 0 fully saturated rings. The van der Waals surface area contributed by atoms with Crippen LogP contribution >= 0.6 is 0 Å². The zero-order valence-corrected chi connectivity index (χ0v) is 18.4. The predicted molar refractivity (Wildman–Crippen MR) is 119 cm³/mol. The van der Waals surface area contributed by atoms with Crippen LogP contribution in [0.1, 0.15) is 15.9 Å². The minimum Gasteiger partial charge on any atom is -0.497 e. The van der Waals surface area contributed by atoms with E-state index >= 15 is 0 Å². The fraction of sp³-hybridized carbons (Fsp3) is 0.130. The van der Waals surface area contributed by atoms with E-state index in [2.05, 4.69) is 10.0 Å². The molecule has 0 spiro atoms. The Morgan fingerprint density at radius 3 is 2.33 bits per heavy atom. The molecule has 0 bridgehead atoms. The van der Waals surface area contributed by atoms with Crippen LogP contribution in [-0.2, 0) is 26.1 Å². The Morgan fingerprint density at radius 2 is 1.67 bits per heavy atom. The van der Waals surface area contributed by atoms with Crippen molar-refractivity contribution in [3.63, 3.8) is 0 Å². The first-order chi connectivity index (χ1) is 15.8. The van der Waals surface area contributed by atoms with Crippen molar-refractivity contribution >= 4 is 27.6 Å². The number of anilines is 1. The average molecular weight is 472 g/mol. The van der Waals surface area contributed by atoms with E-state index in [9.17, 15) is 22.4 Å². The summed E-state index contributed by atoms with van der Waals surface area (Å²) in [5, 5.41) is 2.54. The normalized spacial score (nSPS) is 10.8. The summed E-state index contributed by atoms with van der Waals surface area (Å²) < 4.78 is 50.6. The molecule has 0 heterocycles. The highest BCUT2D eigenvalue weighted by Gasteiger charge is 2.18. The Kier molecular flexibility index (Phi) is 7.62. The molecule has 0 aliphatic rings. The van der Waals surface area contributed by atoms with Gasteiger partial charge in [0.25, 0.3) is 15.9 Å². The molecule has 0 aliphatic carbocycles. The molecule has 0 unspecified atom stereocenters. The van der Waals surface area contributed by atoms with E-state index in [1.165, 1.54) is 49.6 Å². The summed E-state index contributed by atoms with van der Waals surface area (Å²) in [6.07, 6.45) is 0. The molecule has 0 radical (unpaired) electrons. The maximum Gasteiger partial charge on any atom is 0.338 e. The van der Waals surface area contributed by atoms with Gasteiger partial charge in [0.1, 0.15) is 11.6 Å². The lowest BCUT2D eigenvalue weighted by Crippen LogP contribution is -2.28. The number of carbonyl (C=O) groups is 2. The molecule has 10 heteroatoms. The zero-order chi connectivity index (χ0) is 23.8. The van der Waals surface area contributed by atoms with Gasteiger partial charge < -0.3 is 14.8 Å². The van der Waals surface area contributed by atoms with Crippen LogP contribution < -0.4 is 14.8 Å². The van der Waals surface area contributed by atoms with Gasteiger partial charge in [-0.2, -0.15) is 0 Å². The fourth-order valence-electron chi connectivity index (χ4n) is 2.73. The zero-order valence-electron chi connectivity index (χ0n) is 17.6. The number of carbonyl (C=O) groups excluding carboxylic acids is 2. The lowest BCUT2D eigenvalue weighted by atomic mass is 10.2. The Bertz CT molecular complexity index is 1230. The van der Waals surface area contributed by atoms with Crippen LogP contribution in [0.4, 0.5) is 10.1 Å². The van der Waals surface area contributed by atoms with Gasteiger partial charge in [-0.25, -0.2) is 17.6 Å². The van der Waals surface area contributed by atoms with Crippen molar-refractivity contribution in [2.24, 2.45) is 0 Å². The topological polar surface area (TPSA) is 111 Å². The number of ether oxygens (including phenoxy) is 2. The second-order valence-corrected chi connectivity index (χ2v) is 8.52. The molecule has 0 aliphatic heterocycles. The number of hydrogen-bond donors (Lipinski definition) is 2. The van der Waals surface area contributed by atoms with E-state index in [-0.39, 0.29) is 22.8 Å². The number of sulfonamides is 1. The van der Waals surface area contributed by atoms with E-state index in [1.54, 1.807) is 24.3 Å². The third-order valence-electron chi connectivity index (χ3n) is 4.46. The van der Waals surface area contributed by atoms with Gasteiger partial charge in [-0.05, 0) is 60.2 Å². The number of methoxy groups -OCH3 is 1. The van der Waals surface area contributed by atoms with Crippen LogP contribution in [-0.4, -0.2) is 34.0 Å². The van der Waals surface area contributed by atoms with Gasteiger partial charge in [0.15, 0.2) is 6.61 Å². The highest BCUT2D eigenvalue weighted by atomic mass is 32.2. The third-order valence-corrected chi connectivity index (χ3v) is 5.84. The van der Waals surface area contributed by atoms with Crippen LogP contribution in [0.2, 0.25) is 0 Å². The summed E-state index contributed by atoms with van der Waals surface area (Å²) >= 11 is 0. The van der Waals surface area contributed by atoms with E-state index in [4.69, 9.17) is 9.47 Å². The number of amides is 1. The molecule has 172 valence electrons. The molecule has 8 nitrogen and oxygen atoms in total. The molecule has 1 amide bonds. The first-order valence-electron chi connectivity index (χ1n) is 9.72. The summed E-state index contributed by atoms with van der Waals surface area (Å²) in [4.78, 5) is 24.1. The van der Waals surface area contributed by atoms with E-state index in [0.29, 0.717) is 17.0 Å². The number of rotatable bonds is 9. The van der Waals surface area contributed by atoms with Gasteiger partial charge in [-0.15, -0.1) is 0 Å². The molecular weight excluding hydrogens is 451 g/mol. The minimum absolute atomic E-state index is 0.0288. The molecule has 3 rings (SSSR count). The van der Waals surface area contributed by atoms with Gasteiger partial charge in [0.2, 0.25) is 0 Å². The second kappa shape index (κ2) is 10.6. The van der Waals surface area contributed by atoms with Gasteiger partial charge >= 0.3 is 5.97 Å². The van der Waals surface area contributed by atoms with Crippen molar-refractivity contribution < 1.29 is 31.9 Å². The van der Waals surface area contributed by atoms with Crippen molar-refractivity contribution in [2.75, 3.05) is 18.4 Å². The average Bonchev–Trinajstić information content (AvgIpc) is 2.82. The maximum atomic E-state index is 12.9. The predicted octanol–water partition coefficient (Wildman–Crippen LogP) is 3.11. The molecule has 0 atom stereocenters. The number of hydrogen-bond acceptors (Lipinski definition) is 6. The van der Waals surface area contributed by atoms with Crippen LogP contribution in [0, 0.1) is 5.82 Å². The third kappa shape index (κ3) is 6.78. The van der Waals surface area contributed by atoms with Crippen LogP contribution in [0.3, 0.4) is 0 Å². The molecule has 3 aromatic rings. The van der Waals surface area contributed by atoms with Gasteiger partial charge in [-0.3, -0.25) is 9.52 Å². The smallest absolute Gasteiger partial charge is 0.338 e. The monoisotopic (exact) mass is 472 g/mol. The minimum atomic E-state index is -3.97. The van der Waals surface area contributed by atoms with Crippen molar-refractivity contribution in [1.82, 2.24) is 5.32 Å². The second-order valence-electron chi connectivity index (χ2n) is 6.84. The van der Waals surface area contributed by atoms with Crippen molar-refractivity contribution in [3.05, 3.63) is 89.7 Å². The number of halogens is 1. The van der Waals surface area contributed by atoms with Crippen molar-refractivity contribution in [2.45, 2.75) is 11.4 Å². The number of nitrogens with one attached hydrogen (secondary N) is 2. The fourth-order valence-corrected chi connectivity index (χ4v) is 3.84. The van der Waals surface area contributed by atoms with Crippen molar-refractivity contribution in [1.29, 1.82) is 0 Å². The standard InChI is InChI=1S/C23H21FN2O6S/c1-31-20-11-9-19(10-12-20)26-33(29,30)21-4-2-3-17(13-21)23(28)32-15-22(27)25-14-16-5-7-18(24)8-6-16/h2-13,26H,14-15H2,1H3,(H,25,27). The van der Waals surface area contributed by atoms with Crippen LogP contribution in [0.15, 0.2) is 77.7 Å². The maximum absolute atomic E-state index is 12.9. The van der Waals surface area contributed by atoms with Gasteiger partial charge in [-0.1, -0.05) is 18.2 Å². The van der Waals surface area contributed by atoms with Crippen LogP contribution in [0.25, 0.3) is 0 Å². The van der Waals surface area contributed by atoms with Gasteiger partial charge in [0, 0.05) is 12.2 Å². The molecule has 3 aromatic carbocycles. The van der Waals surface area contributed by atoms with E-state index in [0.717, 1.165) is 6.07 Å². The SMILES string of the molecule is COc1ccc(NS(=O)(=O)c2cccc(C(=O)OCC(=O)NCc3ccc(F)cc3)c2)cc1. The molecule has 0 saturated heterocycles. The molecule has 0 aromatic heterocycles. The summed E-state index contributed by atoms with van der Waals surface area (Å²) in [7, 11) is -2.47. The summed E-state index contributed by atoms with van der Waals surface area (Å²) in [6, 6.07) is 17.1. The van der Waals surface area contributed by atoms with Crippen LogP contribution in [0.5, 0.6) is 5.75 Å². The van der Waals surface area contributed by atoms with E-state index < -0.39 is 28.5 Å². The Balaban J connectivity index is 1.57. The lowest BCUT2D eigenvalue weighted by molar-refractivity contribution is -0.124. The molecule has 33 heavy (non-hydrogen) atoms. The van der Waals surface area contributed by atoms with Gasteiger partial charge in [0.05, 0.1) is 17.6 Å². The van der Waals surface area contributed by atoms with E-state index in [1.807, 2.05) is 0 Å². The Morgan fingerprint density at radius 1 is 0.970 bits per heavy atom. The highest BCUT2D eigenvalue weighted by molar-refractivity contribution is 7.92.